The first-order valence-corrected chi connectivity index (χ1v) is 6.18. The van der Waals surface area contributed by atoms with Gasteiger partial charge in [0.05, 0.1) is 0 Å². The second kappa shape index (κ2) is 5.75. The van der Waals surface area contributed by atoms with Crippen LogP contribution in [0, 0.1) is 5.82 Å². The van der Waals surface area contributed by atoms with Crippen molar-refractivity contribution in [2.75, 3.05) is 11.9 Å². The Morgan fingerprint density at radius 1 is 1.32 bits per heavy atom. The van der Waals surface area contributed by atoms with Crippen molar-refractivity contribution in [2.24, 2.45) is 5.73 Å². The number of anilines is 1. The molecule has 1 heterocycles. The van der Waals surface area contributed by atoms with Crippen molar-refractivity contribution in [2.45, 2.75) is 6.54 Å². The van der Waals surface area contributed by atoms with Gasteiger partial charge >= 0.3 is 0 Å². The lowest BCUT2D eigenvalue weighted by Crippen LogP contribution is -2.19. The summed E-state index contributed by atoms with van der Waals surface area (Å²) in [5, 5.41) is 0. The van der Waals surface area contributed by atoms with E-state index in [0.717, 1.165) is 16.9 Å². The molecule has 0 bridgehead atoms. The van der Waals surface area contributed by atoms with Crippen molar-refractivity contribution >= 4 is 23.0 Å². The van der Waals surface area contributed by atoms with E-state index in [2.05, 4.69) is 4.98 Å². The summed E-state index contributed by atoms with van der Waals surface area (Å²) in [4.78, 5) is 6.57. The highest BCUT2D eigenvalue weighted by Gasteiger charge is 2.06. The van der Waals surface area contributed by atoms with Crippen molar-refractivity contribution in [1.82, 2.24) is 4.98 Å². The molecule has 0 saturated carbocycles. The monoisotopic (exact) mass is 275 g/mol. The second-order valence-electron chi connectivity index (χ2n) is 4.25. The Hall–Kier alpha value is -2.01. The van der Waals surface area contributed by atoms with E-state index in [9.17, 15) is 4.39 Å². The summed E-state index contributed by atoms with van der Waals surface area (Å²) in [6, 6.07) is 10.0. The highest BCUT2D eigenvalue weighted by Crippen LogP contribution is 2.14. The Balaban J connectivity index is 2.15. The lowest BCUT2D eigenvalue weighted by Gasteiger charge is -2.18. The van der Waals surface area contributed by atoms with Gasteiger partial charge < -0.3 is 10.6 Å². The molecule has 0 unspecified atom stereocenters. The minimum atomic E-state index is -0.236. The fraction of sp³-hybridized carbons (Fsp3) is 0.143. The topological polar surface area (TPSA) is 42.1 Å². The number of nitrogens with zero attached hydrogens (tertiary/aromatic N) is 2. The largest absolute Gasteiger partial charge is 0.389 e. The van der Waals surface area contributed by atoms with Gasteiger partial charge in [0.25, 0.3) is 0 Å². The summed E-state index contributed by atoms with van der Waals surface area (Å²) in [5.74, 6) is 0.537. The molecule has 19 heavy (non-hydrogen) atoms. The van der Waals surface area contributed by atoms with Gasteiger partial charge in [0.1, 0.15) is 16.6 Å². The number of aromatic nitrogens is 1. The van der Waals surface area contributed by atoms with Gasteiger partial charge in [-0.1, -0.05) is 24.4 Å². The molecule has 0 aliphatic carbocycles. The van der Waals surface area contributed by atoms with Gasteiger partial charge in [0, 0.05) is 25.4 Å². The standard InChI is InChI=1S/C14H14FN3S/c1-18(9-10-2-4-12(15)5-3-10)13-8-11(14(16)19)6-7-17-13/h2-8H,9H2,1H3,(H2,16,19). The molecule has 0 spiro atoms. The summed E-state index contributed by atoms with van der Waals surface area (Å²) in [6.07, 6.45) is 1.67. The minimum Gasteiger partial charge on any atom is -0.389 e. The zero-order valence-corrected chi connectivity index (χ0v) is 11.3. The molecule has 1 aromatic carbocycles. The van der Waals surface area contributed by atoms with E-state index >= 15 is 0 Å². The molecule has 0 aliphatic heterocycles. The number of hydrogen-bond acceptors (Lipinski definition) is 3. The maximum absolute atomic E-state index is 12.8. The fourth-order valence-corrected chi connectivity index (χ4v) is 1.85. The average molecular weight is 275 g/mol. The smallest absolute Gasteiger partial charge is 0.129 e. The third kappa shape index (κ3) is 3.48. The van der Waals surface area contributed by atoms with E-state index in [-0.39, 0.29) is 5.82 Å². The first-order valence-electron chi connectivity index (χ1n) is 5.77. The van der Waals surface area contributed by atoms with Gasteiger partial charge in [-0.15, -0.1) is 0 Å². The van der Waals surface area contributed by atoms with Crippen molar-refractivity contribution in [3.8, 4) is 0 Å². The van der Waals surface area contributed by atoms with Crippen molar-refractivity contribution in [3.05, 3.63) is 59.5 Å². The molecule has 2 N–H and O–H groups in total. The van der Waals surface area contributed by atoms with Gasteiger partial charge in [0.15, 0.2) is 0 Å². The van der Waals surface area contributed by atoms with Gasteiger partial charge in [-0.3, -0.25) is 0 Å². The highest BCUT2D eigenvalue weighted by atomic mass is 32.1. The van der Waals surface area contributed by atoms with E-state index in [4.69, 9.17) is 18.0 Å². The van der Waals surface area contributed by atoms with Crippen LogP contribution in [0.4, 0.5) is 10.2 Å². The van der Waals surface area contributed by atoms with E-state index in [1.165, 1.54) is 12.1 Å². The van der Waals surface area contributed by atoms with Crippen LogP contribution in [0.3, 0.4) is 0 Å². The molecule has 0 radical (unpaired) electrons. The van der Waals surface area contributed by atoms with E-state index in [1.807, 2.05) is 18.0 Å². The van der Waals surface area contributed by atoms with Crippen LogP contribution >= 0.6 is 12.2 Å². The molecule has 98 valence electrons. The zero-order valence-electron chi connectivity index (χ0n) is 10.5. The molecule has 2 rings (SSSR count). The summed E-state index contributed by atoms with van der Waals surface area (Å²) in [7, 11) is 1.91. The number of benzene rings is 1. The Morgan fingerprint density at radius 3 is 2.63 bits per heavy atom. The maximum Gasteiger partial charge on any atom is 0.129 e. The second-order valence-corrected chi connectivity index (χ2v) is 4.69. The van der Waals surface area contributed by atoms with Gasteiger partial charge in [0.2, 0.25) is 0 Å². The van der Waals surface area contributed by atoms with E-state index < -0.39 is 0 Å². The molecule has 5 heteroatoms. The Labute approximate surface area is 116 Å². The van der Waals surface area contributed by atoms with Crippen molar-refractivity contribution in [1.29, 1.82) is 0 Å². The molecule has 1 aromatic heterocycles. The summed E-state index contributed by atoms with van der Waals surface area (Å²) >= 11 is 4.94. The van der Waals surface area contributed by atoms with Gasteiger partial charge in [-0.25, -0.2) is 9.37 Å². The van der Waals surface area contributed by atoms with Crippen LogP contribution in [0.1, 0.15) is 11.1 Å². The molecule has 0 fully saturated rings. The summed E-state index contributed by atoms with van der Waals surface area (Å²) in [5.41, 5.74) is 7.38. The Morgan fingerprint density at radius 2 is 2.00 bits per heavy atom. The number of nitrogens with two attached hydrogens (primary N) is 1. The quantitative estimate of drug-likeness (QED) is 0.871. The number of pyridine rings is 1. The van der Waals surface area contributed by atoms with Crippen LogP contribution < -0.4 is 10.6 Å². The normalized spacial score (nSPS) is 10.2. The lowest BCUT2D eigenvalue weighted by atomic mass is 10.2. The average Bonchev–Trinajstić information content (AvgIpc) is 2.41. The molecular weight excluding hydrogens is 261 g/mol. The van der Waals surface area contributed by atoms with Crippen LogP contribution in [0.2, 0.25) is 0 Å². The minimum absolute atomic E-state index is 0.236. The molecule has 0 amide bonds. The number of hydrogen-bond donors (Lipinski definition) is 1. The highest BCUT2D eigenvalue weighted by molar-refractivity contribution is 7.80. The van der Waals surface area contributed by atoms with Gasteiger partial charge in [-0.05, 0) is 29.8 Å². The first-order chi connectivity index (χ1) is 9.06. The SMILES string of the molecule is CN(Cc1ccc(F)cc1)c1cc(C(N)=S)ccn1. The Kier molecular flexibility index (Phi) is 4.06. The summed E-state index contributed by atoms with van der Waals surface area (Å²) < 4.78 is 12.8. The fourth-order valence-electron chi connectivity index (χ4n) is 1.73. The van der Waals surface area contributed by atoms with Crippen molar-refractivity contribution < 1.29 is 4.39 Å². The Bertz CT molecular complexity index is 583. The first kappa shape index (κ1) is 13.4. The van der Waals surface area contributed by atoms with Crippen LogP contribution in [-0.2, 0) is 6.54 Å². The third-order valence-corrected chi connectivity index (χ3v) is 2.99. The molecule has 0 saturated heterocycles. The molecule has 0 atom stereocenters. The summed E-state index contributed by atoms with van der Waals surface area (Å²) in [6.45, 7) is 0.633. The number of rotatable bonds is 4. The molecular formula is C14H14FN3S. The van der Waals surface area contributed by atoms with E-state index in [0.29, 0.717) is 11.5 Å². The molecule has 2 aromatic rings. The van der Waals surface area contributed by atoms with Crippen LogP contribution in [0.25, 0.3) is 0 Å². The third-order valence-electron chi connectivity index (χ3n) is 2.75. The van der Waals surface area contributed by atoms with E-state index in [1.54, 1.807) is 24.4 Å². The predicted molar refractivity (Wildman–Crippen MR) is 78.6 cm³/mol. The van der Waals surface area contributed by atoms with Crippen LogP contribution in [0.15, 0.2) is 42.6 Å². The number of thiocarbonyl (C=S) groups is 1. The number of halogens is 1. The molecule has 3 nitrogen and oxygen atoms in total. The zero-order chi connectivity index (χ0) is 13.8. The van der Waals surface area contributed by atoms with Crippen LogP contribution in [0.5, 0.6) is 0 Å². The lowest BCUT2D eigenvalue weighted by molar-refractivity contribution is 0.627. The molecule has 0 aliphatic rings. The van der Waals surface area contributed by atoms with Crippen molar-refractivity contribution in [3.63, 3.8) is 0 Å². The van der Waals surface area contributed by atoms with Gasteiger partial charge in [-0.2, -0.15) is 0 Å². The predicted octanol–water partition coefficient (Wildman–Crippen LogP) is 2.49. The maximum atomic E-state index is 12.8. The van der Waals surface area contributed by atoms with Crippen LogP contribution in [-0.4, -0.2) is 17.0 Å².